The van der Waals surface area contributed by atoms with Crippen LogP contribution in [-0.4, -0.2) is 14.5 Å². The number of nitriles is 1. The number of aryl methyl sites for hydroxylation is 2. The van der Waals surface area contributed by atoms with Crippen LogP contribution in [0.4, 0.5) is 17.6 Å². The molecule has 9 heteroatoms. The van der Waals surface area contributed by atoms with Crippen LogP contribution in [0.3, 0.4) is 0 Å². The molecular formula is C23H22ClN7O. The summed E-state index contributed by atoms with van der Waals surface area (Å²) in [5, 5.41) is 10.4. The van der Waals surface area contributed by atoms with Crippen LogP contribution in [0, 0.1) is 18.3 Å². The van der Waals surface area contributed by atoms with E-state index in [-0.39, 0.29) is 28.7 Å². The summed E-state index contributed by atoms with van der Waals surface area (Å²) in [6, 6.07) is 17.3. The van der Waals surface area contributed by atoms with Gasteiger partial charge in [-0.15, -0.1) is 0 Å². The molecule has 0 aliphatic rings. The molecule has 0 bridgehead atoms. The Kier molecular flexibility index (Phi) is 6.61. The molecule has 32 heavy (non-hydrogen) atoms. The van der Waals surface area contributed by atoms with E-state index in [1.54, 1.807) is 16.7 Å². The molecule has 0 saturated carbocycles. The smallest absolute Gasteiger partial charge is 0.264 e. The molecule has 2 aromatic heterocycles. The first kappa shape index (κ1) is 22.6. The number of aromatic nitrogens is 3. The third-order valence-electron chi connectivity index (χ3n) is 4.88. The number of halogens is 1. The lowest BCUT2D eigenvalue weighted by atomic mass is 10.1. The lowest BCUT2D eigenvalue weighted by Crippen LogP contribution is -2.22. The van der Waals surface area contributed by atoms with Gasteiger partial charge in [0, 0.05) is 5.69 Å². The van der Waals surface area contributed by atoms with Crippen molar-refractivity contribution in [3.63, 3.8) is 0 Å². The second-order valence-electron chi connectivity index (χ2n) is 6.96. The van der Waals surface area contributed by atoms with Crippen molar-refractivity contribution in [2.45, 2.75) is 20.3 Å². The molecule has 4 aromatic rings. The normalized spacial score (nSPS) is 10.3. The Bertz CT molecular complexity index is 1380. The van der Waals surface area contributed by atoms with E-state index in [0.29, 0.717) is 10.4 Å². The summed E-state index contributed by atoms with van der Waals surface area (Å²) in [6.45, 7) is 4.07. The Hall–Kier alpha value is -4.09. The molecule has 0 fully saturated rings. The van der Waals surface area contributed by atoms with Gasteiger partial charge in [-0.05, 0) is 42.5 Å². The highest BCUT2D eigenvalue weighted by molar-refractivity contribution is 6.35. The van der Waals surface area contributed by atoms with Gasteiger partial charge in [0.15, 0.2) is 0 Å². The van der Waals surface area contributed by atoms with E-state index in [2.05, 4.69) is 23.0 Å². The van der Waals surface area contributed by atoms with E-state index in [9.17, 15) is 4.79 Å². The van der Waals surface area contributed by atoms with Crippen LogP contribution in [0.1, 0.15) is 23.7 Å². The first-order valence-electron chi connectivity index (χ1n) is 9.76. The number of hydrogen-bond donors (Lipinski definition) is 3. The molecule has 0 unspecified atom stereocenters. The lowest BCUT2D eigenvalue weighted by molar-refractivity contribution is 0.882. The van der Waals surface area contributed by atoms with Gasteiger partial charge in [-0.3, -0.25) is 9.36 Å². The highest BCUT2D eigenvalue weighted by atomic mass is 35.5. The molecule has 0 spiro atoms. The molecular weight excluding hydrogens is 426 g/mol. The Morgan fingerprint density at radius 3 is 2.31 bits per heavy atom. The van der Waals surface area contributed by atoms with Crippen molar-refractivity contribution in [1.29, 1.82) is 5.26 Å². The van der Waals surface area contributed by atoms with Crippen molar-refractivity contribution < 1.29 is 0 Å². The number of pyridine rings is 1. The van der Waals surface area contributed by atoms with Gasteiger partial charge in [-0.1, -0.05) is 48.9 Å². The lowest BCUT2D eigenvalue weighted by Gasteiger charge is -2.16. The van der Waals surface area contributed by atoms with Crippen LogP contribution in [0.2, 0.25) is 5.02 Å². The van der Waals surface area contributed by atoms with Crippen molar-refractivity contribution in [2.75, 3.05) is 17.2 Å². The quantitative estimate of drug-likeness (QED) is 0.424. The van der Waals surface area contributed by atoms with E-state index >= 15 is 0 Å². The largest absolute Gasteiger partial charge is 0.382 e. The second kappa shape index (κ2) is 9.37. The van der Waals surface area contributed by atoms with E-state index in [0.717, 1.165) is 28.8 Å². The Labute approximate surface area is 189 Å². The van der Waals surface area contributed by atoms with Crippen molar-refractivity contribution in [2.24, 2.45) is 0 Å². The molecule has 0 aliphatic heterocycles. The van der Waals surface area contributed by atoms with Gasteiger partial charge in [0.05, 0.1) is 16.1 Å². The number of fused-ring (bicyclic) bond motifs is 1. The zero-order valence-corrected chi connectivity index (χ0v) is 18.4. The summed E-state index contributed by atoms with van der Waals surface area (Å²) in [5.41, 5.74) is 18.8. The first-order chi connectivity index (χ1) is 15.3. The predicted molar refractivity (Wildman–Crippen MR) is 129 cm³/mol. The van der Waals surface area contributed by atoms with Crippen LogP contribution in [0.25, 0.3) is 16.5 Å². The van der Waals surface area contributed by atoms with Crippen LogP contribution in [-0.2, 0) is 6.42 Å². The summed E-state index contributed by atoms with van der Waals surface area (Å²) in [7, 11) is 0. The standard InChI is InChI=1S/C18H16ClNO.C5H6N6/c1-3-14-11-13-8-6-9-15(19)17(13)18(21)20(14)16-10-5-4-7-12(16)2;6-1-2-3(7)10-5(9)11-4(2)8/h4-11H,3H2,1-2H3;(H6,7,8,9,10,11). The first-order valence-corrected chi connectivity index (χ1v) is 10.1. The third kappa shape index (κ3) is 4.33. The van der Waals surface area contributed by atoms with Crippen molar-refractivity contribution in [3.8, 4) is 11.8 Å². The fraction of sp³-hybridized carbons (Fsp3) is 0.130. The van der Waals surface area contributed by atoms with Crippen LogP contribution in [0.5, 0.6) is 0 Å². The minimum absolute atomic E-state index is 0.0116. The van der Waals surface area contributed by atoms with Crippen molar-refractivity contribution >= 4 is 40.0 Å². The molecule has 4 rings (SSSR count). The van der Waals surface area contributed by atoms with Crippen LogP contribution < -0.4 is 22.8 Å². The van der Waals surface area contributed by atoms with Crippen LogP contribution in [0.15, 0.2) is 53.3 Å². The molecule has 8 nitrogen and oxygen atoms in total. The zero-order valence-electron chi connectivity index (χ0n) is 17.6. The molecule has 6 N–H and O–H groups in total. The van der Waals surface area contributed by atoms with Crippen molar-refractivity contribution in [1.82, 2.24) is 14.5 Å². The van der Waals surface area contributed by atoms with Gasteiger partial charge in [0.25, 0.3) is 5.56 Å². The highest BCUT2D eigenvalue weighted by Crippen LogP contribution is 2.23. The van der Waals surface area contributed by atoms with Gasteiger partial charge >= 0.3 is 0 Å². The average Bonchev–Trinajstić information content (AvgIpc) is 2.74. The predicted octanol–water partition coefficient (Wildman–Crippen LogP) is 3.61. The zero-order chi connectivity index (χ0) is 23.4. The SMILES string of the molecule is CCc1cc2cccc(Cl)c2c(=O)n1-c1ccccc1C.N#Cc1c(N)nc(N)nc1N. The Morgan fingerprint density at radius 2 is 1.72 bits per heavy atom. The highest BCUT2D eigenvalue weighted by Gasteiger charge is 2.13. The number of nitrogens with zero attached hydrogens (tertiary/aromatic N) is 4. The minimum Gasteiger partial charge on any atom is -0.382 e. The molecule has 0 amide bonds. The second-order valence-corrected chi connectivity index (χ2v) is 7.37. The number of hydrogen-bond acceptors (Lipinski definition) is 7. The number of anilines is 3. The van der Waals surface area contributed by atoms with E-state index in [1.807, 2.05) is 43.3 Å². The molecule has 0 radical (unpaired) electrons. The molecule has 162 valence electrons. The minimum atomic E-state index is -0.0516. The number of nitrogen functional groups attached to an aromatic ring is 3. The summed E-state index contributed by atoms with van der Waals surface area (Å²) >= 11 is 6.24. The fourth-order valence-corrected chi connectivity index (χ4v) is 3.60. The third-order valence-corrected chi connectivity index (χ3v) is 5.20. The fourth-order valence-electron chi connectivity index (χ4n) is 3.34. The van der Waals surface area contributed by atoms with Crippen molar-refractivity contribution in [3.05, 3.63) is 80.7 Å². The number of benzene rings is 2. The monoisotopic (exact) mass is 447 g/mol. The molecule has 0 aliphatic carbocycles. The van der Waals surface area contributed by atoms with Gasteiger partial charge in [0.2, 0.25) is 5.95 Å². The summed E-state index contributed by atoms with van der Waals surface area (Å²) in [6.07, 6.45) is 0.784. The maximum absolute atomic E-state index is 13.0. The summed E-state index contributed by atoms with van der Waals surface area (Å²) < 4.78 is 1.78. The summed E-state index contributed by atoms with van der Waals surface area (Å²) in [5.74, 6) is -0.00556. The molecule has 2 heterocycles. The molecule has 0 atom stereocenters. The van der Waals surface area contributed by atoms with E-state index in [4.69, 9.17) is 34.1 Å². The topological polar surface area (TPSA) is 150 Å². The summed E-state index contributed by atoms with van der Waals surface area (Å²) in [4.78, 5) is 20.1. The molecule has 0 saturated heterocycles. The van der Waals surface area contributed by atoms with Gasteiger partial charge < -0.3 is 17.2 Å². The van der Waals surface area contributed by atoms with E-state index in [1.165, 1.54) is 0 Å². The van der Waals surface area contributed by atoms with E-state index < -0.39 is 0 Å². The maximum atomic E-state index is 13.0. The Morgan fingerprint density at radius 1 is 1.06 bits per heavy atom. The number of rotatable bonds is 2. The number of nitrogens with two attached hydrogens (primary N) is 3. The number of para-hydroxylation sites is 1. The van der Waals surface area contributed by atoms with Crippen LogP contribution >= 0.6 is 11.6 Å². The van der Waals surface area contributed by atoms with Gasteiger partial charge in [-0.25, -0.2) is 0 Å². The maximum Gasteiger partial charge on any atom is 0.264 e. The molecule has 2 aromatic carbocycles. The Balaban J connectivity index is 0.000000222. The van der Waals surface area contributed by atoms with Gasteiger partial charge in [-0.2, -0.15) is 15.2 Å². The average molecular weight is 448 g/mol. The van der Waals surface area contributed by atoms with Gasteiger partial charge in [0.1, 0.15) is 23.3 Å².